The molecule has 0 amide bonds. The molecule has 19 heavy (non-hydrogen) atoms. The molecule has 1 heterocycles. The summed E-state index contributed by atoms with van der Waals surface area (Å²) < 4.78 is 16.6. The van der Waals surface area contributed by atoms with Crippen molar-refractivity contribution >= 4 is 15.9 Å². The molecule has 6 heteroatoms. The largest absolute Gasteiger partial charge is 0.271 e. The Morgan fingerprint density at radius 1 is 1.47 bits per heavy atom. The van der Waals surface area contributed by atoms with Crippen molar-refractivity contribution in [3.63, 3.8) is 0 Å². The molecule has 0 fully saturated rings. The van der Waals surface area contributed by atoms with E-state index in [9.17, 15) is 4.39 Å². The molecular formula is C13H16BrFN4. The molecule has 0 radical (unpaired) electrons. The van der Waals surface area contributed by atoms with Crippen LogP contribution in [-0.2, 0) is 6.54 Å². The minimum absolute atomic E-state index is 0.298. The van der Waals surface area contributed by atoms with E-state index >= 15 is 0 Å². The standard InChI is InChI=1S/C13H16BrFN4/c1-3-19-12(6-8(2)18-19)13(17-16)10-7-9(14)4-5-11(10)15/h4-7,13,17H,3,16H2,1-2H3. The van der Waals surface area contributed by atoms with E-state index in [1.165, 1.54) is 6.07 Å². The second kappa shape index (κ2) is 5.81. The first-order chi connectivity index (χ1) is 9.06. The number of nitrogens with two attached hydrogens (primary N) is 1. The van der Waals surface area contributed by atoms with Crippen LogP contribution in [0.15, 0.2) is 28.7 Å². The van der Waals surface area contributed by atoms with Gasteiger partial charge >= 0.3 is 0 Å². The lowest BCUT2D eigenvalue weighted by Gasteiger charge is -2.18. The van der Waals surface area contributed by atoms with Gasteiger partial charge in [-0.1, -0.05) is 15.9 Å². The van der Waals surface area contributed by atoms with Gasteiger partial charge < -0.3 is 0 Å². The van der Waals surface area contributed by atoms with Gasteiger partial charge in [0, 0.05) is 16.6 Å². The van der Waals surface area contributed by atoms with Crippen LogP contribution in [-0.4, -0.2) is 9.78 Å². The number of aryl methyl sites for hydroxylation is 2. The summed E-state index contributed by atoms with van der Waals surface area (Å²) in [5.41, 5.74) is 4.89. The second-order valence-corrected chi connectivity index (χ2v) is 5.21. The van der Waals surface area contributed by atoms with E-state index in [4.69, 9.17) is 5.84 Å². The molecule has 0 aliphatic heterocycles. The van der Waals surface area contributed by atoms with Gasteiger partial charge in [0.25, 0.3) is 0 Å². The zero-order valence-corrected chi connectivity index (χ0v) is 12.4. The molecule has 1 atom stereocenters. The van der Waals surface area contributed by atoms with E-state index in [1.807, 2.05) is 24.6 Å². The number of benzene rings is 1. The van der Waals surface area contributed by atoms with Crippen molar-refractivity contribution in [2.24, 2.45) is 5.84 Å². The highest BCUT2D eigenvalue weighted by molar-refractivity contribution is 9.10. The van der Waals surface area contributed by atoms with Crippen molar-refractivity contribution in [2.45, 2.75) is 26.4 Å². The predicted molar refractivity (Wildman–Crippen MR) is 75.9 cm³/mol. The van der Waals surface area contributed by atoms with Crippen molar-refractivity contribution in [3.8, 4) is 0 Å². The van der Waals surface area contributed by atoms with Crippen molar-refractivity contribution in [2.75, 3.05) is 0 Å². The van der Waals surface area contributed by atoms with Crippen LogP contribution in [0.1, 0.15) is 29.9 Å². The highest BCUT2D eigenvalue weighted by Gasteiger charge is 2.21. The van der Waals surface area contributed by atoms with Crippen LogP contribution in [0.3, 0.4) is 0 Å². The lowest BCUT2D eigenvalue weighted by atomic mass is 10.0. The molecule has 0 saturated carbocycles. The van der Waals surface area contributed by atoms with Crippen LogP contribution in [0.4, 0.5) is 4.39 Å². The molecule has 0 aliphatic rings. The van der Waals surface area contributed by atoms with E-state index in [-0.39, 0.29) is 5.82 Å². The second-order valence-electron chi connectivity index (χ2n) is 4.29. The molecule has 2 aromatic rings. The summed E-state index contributed by atoms with van der Waals surface area (Å²) in [6, 6.07) is 6.29. The van der Waals surface area contributed by atoms with Crippen LogP contribution in [0, 0.1) is 12.7 Å². The van der Waals surface area contributed by atoms with E-state index in [2.05, 4.69) is 26.5 Å². The first-order valence-corrected chi connectivity index (χ1v) is 6.81. The molecule has 3 N–H and O–H groups in total. The number of rotatable bonds is 4. The maximum absolute atomic E-state index is 14.0. The first kappa shape index (κ1) is 14.2. The van der Waals surface area contributed by atoms with Crippen LogP contribution >= 0.6 is 15.9 Å². The summed E-state index contributed by atoms with van der Waals surface area (Å²) in [7, 11) is 0. The quantitative estimate of drug-likeness (QED) is 0.671. The Labute approximate surface area is 119 Å². The number of nitrogens with zero attached hydrogens (tertiary/aromatic N) is 2. The Hall–Kier alpha value is -1.24. The average molecular weight is 327 g/mol. The topological polar surface area (TPSA) is 55.9 Å². The smallest absolute Gasteiger partial charge is 0.128 e. The average Bonchev–Trinajstić information content (AvgIpc) is 2.76. The number of nitrogens with one attached hydrogen (secondary N) is 1. The Balaban J connectivity index is 2.52. The minimum atomic E-state index is -0.432. The molecule has 1 unspecified atom stereocenters. The number of aromatic nitrogens is 2. The maximum atomic E-state index is 14.0. The fourth-order valence-corrected chi connectivity index (χ4v) is 2.50. The third-order valence-corrected chi connectivity index (χ3v) is 3.46. The summed E-state index contributed by atoms with van der Waals surface area (Å²) in [6.07, 6.45) is 0. The lowest BCUT2D eigenvalue weighted by molar-refractivity contribution is 0.515. The number of hydrazine groups is 1. The molecule has 102 valence electrons. The zero-order chi connectivity index (χ0) is 14.0. The fraction of sp³-hybridized carbons (Fsp3) is 0.308. The summed E-state index contributed by atoms with van der Waals surface area (Å²) >= 11 is 3.35. The Bertz CT molecular complexity index is 582. The highest BCUT2D eigenvalue weighted by Crippen LogP contribution is 2.27. The lowest BCUT2D eigenvalue weighted by Crippen LogP contribution is -2.31. The van der Waals surface area contributed by atoms with Gasteiger partial charge in [-0.15, -0.1) is 0 Å². The van der Waals surface area contributed by atoms with Gasteiger partial charge in [0.05, 0.1) is 17.4 Å². The molecule has 0 spiro atoms. The molecule has 1 aromatic carbocycles. The van der Waals surface area contributed by atoms with Crippen molar-refractivity contribution in [1.82, 2.24) is 15.2 Å². The SMILES string of the molecule is CCn1nc(C)cc1C(NN)c1cc(Br)ccc1F. The molecular weight excluding hydrogens is 311 g/mol. The summed E-state index contributed by atoms with van der Waals surface area (Å²) in [5.74, 6) is 5.32. The zero-order valence-electron chi connectivity index (χ0n) is 10.8. The Morgan fingerprint density at radius 2 is 2.21 bits per heavy atom. The van der Waals surface area contributed by atoms with Gasteiger partial charge in [-0.2, -0.15) is 5.10 Å². The first-order valence-electron chi connectivity index (χ1n) is 6.02. The predicted octanol–water partition coefficient (Wildman–Crippen LogP) is 2.67. The normalized spacial score (nSPS) is 12.7. The van der Waals surface area contributed by atoms with Gasteiger partial charge in [0.2, 0.25) is 0 Å². The fourth-order valence-electron chi connectivity index (χ4n) is 2.12. The minimum Gasteiger partial charge on any atom is -0.271 e. The Kier molecular flexibility index (Phi) is 4.34. The monoisotopic (exact) mass is 326 g/mol. The molecule has 4 nitrogen and oxygen atoms in total. The number of hydrogen-bond acceptors (Lipinski definition) is 3. The highest BCUT2D eigenvalue weighted by atomic mass is 79.9. The number of hydrogen-bond donors (Lipinski definition) is 2. The summed E-state index contributed by atoms with van der Waals surface area (Å²) in [4.78, 5) is 0. The molecule has 0 bridgehead atoms. The number of halogens is 2. The van der Waals surface area contributed by atoms with Crippen LogP contribution in [0.5, 0.6) is 0 Å². The molecule has 0 aliphatic carbocycles. The van der Waals surface area contributed by atoms with E-state index in [0.717, 1.165) is 15.9 Å². The van der Waals surface area contributed by atoms with Crippen LogP contribution in [0.2, 0.25) is 0 Å². The molecule has 1 aromatic heterocycles. The van der Waals surface area contributed by atoms with Crippen molar-refractivity contribution in [1.29, 1.82) is 0 Å². The van der Waals surface area contributed by atoms with E-state index < -0.39 is 6.04 Å². The third kappa shape index (κ3) is 2.86. The van der Waals surface area contributed by atoms with Gasteiger partial charge in [0.15, 0.2) is 0 Å². The molecule has 0 saturated heterocycles. The van der Waals surface area contributed by atoms with Gasteiger partial charge in [-0.3, -0.25) is 10.5 Å². The van der Waals surface area contributed by atoms with E-state index in [1.54, 1.807) is 12.1 Å². The van der Waals surface area contributed by atoms with Gasteiger partial charge in [-0.05, 0) is 38.1 Å². The van der Waals surface area contributed by atoms with E-state index in [0.29, 0.717) is 12.1 Å². The maximum Gasteiger partial charge on any atom is 0.128 e. The summed E-state index contributed by atoms with van der Waals surface area (Å²) in [6.45, 7) is 4.60. The van der Waals surface area contributed by atoms with Crippen LogP contribution in [0.25, 0.3) is 0 Å². The van der Waals surface area contributed by atoms with Crippen molar-refractivity contribution in [3.05, 3.63) is 51.5 Å². The van der Waals surface area contributed by atoms with Gasteiger partial charge in [-0.25, -0.2) is 9.82 Å². The van der Waals surface area contributed by atoms with Gasteiger partial charge in [0.1, 0.15) is 5.82 Å². The van der Waals surface area contributed by atoms with Crippen LogP contribution < -0.4 is 11.3 Å². The third-order valence-electron chi connectivity index (χ3n) is 2.96. The molecule has 2 rings (SSSR count). The van der Waals surface area contributed by atoms with Crippen molar-refractivity contribution < 1.29 is 4.39 Å². The summed E-state index contributed by atoms with van der Waals surface area (Å²) in [5, 5.41) is 4.36. The Morgan fingerprint density at radius 3 is 2.84 bits per heavy atom.